The molecule has 6 heteroatoms. The molecular formula is C19H20N4OS. The van der Waals surface area contributed by atoms with Crippen LogP contribution in [0.25, 0.3) is 5.69 Å². The van der Waals surface area contributed by atoms with Crippen LogP contribution in [0.1, 0.15) is 35.3 Å². The lowest BCUT2D eigenvalue weighted by molar-refractivity contribution is 0.0994. The molecule has 0 aliphatic rings. The SMILES string of the molecule is CCc1ccc(C(=O)C(C)Sc2nnnn2-c2cccc(C)c2)cc1. The van der Waals surface area contributed by atoms with Crippen molar-refractivity contribution in [2.75, 3.05) is 0 Å². The van der Waals surface area contributed by atoms with Crippen molar-refractivity contribution in [1.82, 2.24) is 20.2 Å². The van der Waals surface area contributed by atoms with Crippen LogP contribution in [-0.2, 0) is 6.42 Å². The predicted octanol–water partition coefficient (Wildman–Crippen LogP) is 3.90. The van der Waals surface area contributed by atoms with E-state index in [-0.39, 0.29) is 11.0 Å². The molecule has 3 aromatic rings. The van der Waals surface area contributed by atoms with Gasteiger partial charge in [0, 0.05) is 5.56 Å². The van der Waals surface area contributed by atoms with E-state index in [2.05, 4.69) is 22.4 Å². The molecule has 1 aromatic heterocycles. The quantitative estimate of drug-likeness (QED) is 0.497. The molecule has 0 saturated heterocycles. The monoisotopic (exact) mass is 352 g/mol. The maximum Gasteiger partial charge on any atom is 0.214 e. The maximum atomic E-state index is 12.7. The summed E-state index contributed by atoms with van der Waals surface area (Å²) in [7, 11) is 0. The molecule has 0 aliphatic carbocycles. The molecule has 0 radical (unpaired) electrons. The van der Waals surface area contributed by atoms with Crippen LogP contribution in [0, 0.1) is 6.92 Å². The van der Waals surface area contributed by atoms with E-state index in [1.54, 1.807) is 4.68 Å². The third kappa shape index (κ3) is 3.96. The van der Waals surface area contributed by atoms with Gasteiger partial charge in [0.2, 0.25) is 5.16 Å². The second-order valence-corrected chi connectivity index (χ2v) is 7.20. The summed E-state index contributed by atoms with van der Waals surface area (Å²) in [6, 6.07) is 15.7. The van der Waals surface area contributed by atoms with E-state index < -0.39 is 0 Å². The van der Waals surface area contributed by atoms with Crippen molar-refractivity contribution >= 4 is 17.5 Å². The lowest BCUT2D eigenvalue weighted by Gasteiger charge is -2.11. The summed E-state index contributed by atoms with van der Waals surface area (Å²) in [6.07, 6.45) is 0.962. The predicted molar refractivity (Wildman–Crippen MR) is 99.4 cm³/mol. The average Bonchev–Trinajstić information content (AvgIpc) is 3.09. The highest BCUT2D eigenvalue weighted by Crippen LogP contribution is 2.25. The second-order valence-electron chi connectivity index (χ2n) is 5.89. The van der Waals surface area contributed by atoms with Gasteiger partial charge in [0.1, 0.15) is 0 Å². The summed E-state index contributed by atoms with van der Waals surface area (Å²) in [4.78, 5) is 12.7. The molecule has 2 aromatic carbocycles. The summed E-state index contributed by atoms with van der Waals surface area (Å²) >= 11 is 1.37. The first-order chi connectivity index (χ1) is 12.1. The molecule has 0 N–H and O–H groups in total. The fraction of sp³-hybridized carbons (Fsp3) is 0.263. The summed E-state index contributed by atoms with van der Waals surface area (Å²) in [5, 5.41) is 12.2. The van der Waals surface area contributed by atoms with Gasteiger partial charge in [0.25, 0.3) is 0 Å². The van der Waals surface area contributed by atoms with Crippen LogP contribution in [0.2, 0.25) is 0 Å². The number of hydrogen-bond acceptors (Lipinski definition) is 5. The maximum absolute atomic E-state index is 12.7. The fourth-order valence-electron chi connectivity index (χ4n) is 2.53. The number of thioether (sulfide) groups is 1. The molecule has 25 heavy (non-hydrogen) atoms. The van der Waals surface area contributed by atoms with E-state index in [0.717, 1.165) is 17.7 Å². The number of hydrogen-bond donors (Lipinski definition) is 0. The normalized spacial score (nSPS) is 12.1. The number of ketones is 1. The minimum absolute atomic E-state index is 0.0754. The van der Waals surface area contributed by atoms with Gasteiger partial charge in [0.15, 0.2) is 5.78 Å². The zero-order valence-electron chi connectivity index (χ0n) is 14.5. The van der Waals surface area contributed by atoms with Gasteiger partial charge in [0.05, 0.1) is 10.9 Å². The van der Waals surface area contributed by atoms with Gasteiger partial charge in [-0.05, 0) is 54.0 Å². The molecule has 5 nitrogen and oxygen atoms in total. The lowest BCUT2D eigenvalue weighted by atomic mass is 10.1. The number of benzene rings is 2. The van der Waals surface area contributed by atoms with E-state index in [1.165, 1.54) is 17.3 Å². The van der Waals surface area contributed by atoms with Gasteiger partial charge in [-0.1, -0.05) is 55.1 Å². The summed E-state index contributed by atoms with van der Waals surface area (Å²) < 4.78 is 1.67. The van der Waals surface area contributed by atoms with Crippen LogP contribution in [0.5, 0.6) is 0 Å². The molecule has 1 unspecified atom stereocenters. The Morgan fingerprint density at radius 3 is 2.64 bits per heavy atom. The first-order valence-electron chi connectivity index (χ1n) is 8.23. The van der Waals surface area contributed by atoms with Crippen LogP contribution in [0.15, 0.2) is 53.7 Å². The number of nitrogens with zero attached hydrogens (tertiary/aromatic N) is 4. The first kappa shape index (κ1) is 17.4. The molecule has 0 aliphatic heterocycles. The third-order valence-corrected chi connectivity index (χ3v) is 5.02. The Labute approximate surface area is 151 Å². The van der Waals surface area contributed by atoms with Crippen LogP contribution in [0.3, 0.4) is 0 Å². The van der Waals surface area contributed by atoms with Gasteiger partial charge in [-0.3, -0.25) is 4.79 Å². The minimum atomic E-state index is -0.276. The molecule has 0 bridgehead atoms. The van der Waals surface area contributed by atoms with Crippen LogP contribution in [-0.4, -0.2) is 31.2 Å². The molecule has 128 valence electrons. The van der Waals surface area contributed by atoms with Gasteiger partial charge in [-0.15, -0.1) is 5.10 Å². The third-order valence-electron chi connectivity index (χ3n) is 3.99. The summed E-state index contributed by atoms with van der Waals surface area (Å²) in [6.45, 7) is 6.00. The topological polar surface area (TPSA) is 60.7 Å². The summed E-state index contributed by atoms with van der Waals surface area (Å²) in [5.74, 6) is 0.0754. The van der Waals surface area contributed by atoms with Crippen molar-refractivity contribution in [1.29, 1.82) is 0 Å². The van der Waals surface area contributed by atoms with Crippen molar-refractivity contribution in [2.24, 2.45) is 0 Å². The second kappa shape index (κ2) is 7.61. The molecule has 1 heterocycles. The molecular weight excluding hydrogens is 332 g/mol. The van der Waals surface area contributed by atoms with E-state index in [1.807, 2.05) is 62.4 Å². The van der Waals surface area contributed by atoms with E-state index >= 15 is 0 Å². The van der Waals surface area contributed by atoms with Gasteiger partial charge >= 0.3 is 0 Å². The largest absolute Gasteiger partial charge is 0.293 e. The number of carbonyl (C=O) groups excluding carboxylic acids is 1. The van der Waals surface area contributed by atoms with Crippen LogP contribution in [0.4, 0.5) is 0 Å². The average molecular weight is 352 g/mol. The highest BCUT2D eigenvalue weighted by molar-refractivity contribution is 8.00. The lowest BCUT2D eigenvalue weighted by Crippen LogP contribution is -2.14. The Kier molecular flexibility index (Phi) is 5.28. The highest BCUT2D eigenvalue weighted by atomic mass is 32.2. The number of aryl methyl sites for hydroxylation is 2. The van der Waals surface area contributed by atoms with Crippen molar-refractivity contribution in [3.63, 3.8) is 0 Å². The first-order valence-corrected chi connectivity index (χ1v) is 9.11. The molecule has 0 fully saturated rings. The Morgan fingerprint density at radius 2 is 1.96 bits per heavy atom. The van der Waals surface area contributed by atoms with Crippen molar-refractivity contribution in [2.45, 2.75) is 37.6 Å². The zero-order valence-corrected chi connectivity index (χ0v) is 15.3. The van der Waals surface area contributed by atoms with Gasteiger partial charge < -0.3 is 0 Å². The zero-order chi connectivity index (χ0) is 17.8. The van der Waals surface area contributed by atoms with Crippen LogP contribution >= 0.6 is 11.8 Å². The van der Waals surface area contributed by atoms with Gasteiger partial charge in [-0.25, -0.2) is 0 Å². The van der Waals surface area contributed by atoms with Crippen LogP contribution < -0.4 is 0 Å². The number of aromatic nitrogens is 4. The van der Waals surface area contributed by atoms with E-state index in [9.17, 15) is 4.79 Å². The van der Waals surface area contributed by atoms with Gasteiger partial charge in [-0.2, -0.15) is 4.68 Å². The summed E-state index contributed by atoms with van der Waals surface area (Å²) in [5.41, 5.74) is 3.95. The molecule has 3 rings (SSSR count). The fourth-order valence-corrected chi connectivity index (χ4v) is 3.41. The number of rotatable bonds is 6. The smallest absolute Gasteiger partial charge is 0.214 e. The minimum Gasteiger partial charge on any atom is -0.293 e. The number of tetrazole rings is 1. The van der Waals surface area contributed by atoms with E-state index in [0.29, 0.717) is 10.7 Å². The van der Waals surface area contributed by atoms with Crippen molar-refractivity contribution in [3.05, 3.63) is 65.2 Å². The Bertz CT molecular complexity index is 873. The Hall–Kier alpha value is -2.47. The van der Waals surface area contributed by atoms with E-state index in [4.69, 9.17) is 0 Å². The highest BCUT2D eigenvalue weighted by Gasteiger charge is 2.20. The standard InChI is InChI=1S/C19H20N4OS/c1-4-15-8-10-16(11-9-15)18(24)14(3)25-19-20-21-22-23(19)17-7-5-6-13(2)12-17/h5-12,14H,4H2,1-3H3. The molecule has 1 atom stereocenters. The Balaban J connectivity index is 1.78. The number of carbonyl (C=O) groups is 1. The molecule has 0 spiro atoms. The van der Waals surface area contributed by atoms with Crippen molar-refractivity contribution in [3.8, 4) is 5.69 Å². The Morgan fingerprint density at radius 1 is 1.20 bits per heavy atom. The number of Topliss-reactive ketones (excluding diaryl/α,β-unsaturated/α-hetero) is 1. The van der Waals surface area contributed by atoms with Crippen molar-refractivity contribution < 1.29 is 4.79 Å². The molecule has 0 saturated carbocycles. The molecule has 0 amide bonds.